The molecule has 8 heteroatoms. The van der Waals surface area contributed by atoms with Gasteiger partial charge in [0.05, 0.1) is 13.1 Å². The fourth-order valence-corrected chi connectivity index (χ4v) is 1.80. The quantitative estimate of drug-likeness (QED) is 0.436. The molecule has 0 spiro atoms. The predicted octanol–water partition coefficient (Wildman–Crippen LogP) is -1.26. The van der Waals surface area contributed by atoms with E-state index in [0.717, 1.165) is 0 Å². The first kappa shape index (κ1) is 16.4. The van der Waals surface area contributed by atoms with Crippen molar-refractivity contribution in [1.82, 2.24) is 15.1 Å². The Labute approximate surface area is 133 Å². The molecule has 0 aliphatic heterocycles. The lowest BCUT2D eigenvalue weighted by atomic mass is 10.3. The number of nitrogens with two attached hydrogens (primary N) is 1. The van der Waals surface area contributed by atoms with Crippen LogP contribution in [0.1, 0.15) is 28.1 Å². The maximum Gasteiger partial charge on any atom is 0.239 e. The van der Waals surface area contributed by atoms with E-state index >= 15 is 0 Å². The number of rotatable bonds is 12. The molecule has 3 amide bonds. The van der Waals surface area contributed by atoms with Gasteiger partial charge < -0.3 is 25.6 Å². The number of nitrogens with one attached hydrogen (secondary N) is 1. The van der Waals surface area contributed by atoms with E-state index in [1.165, 1.54) is 9.80 Å². The van der Waals surface area contributed by atoms with E-state index in [1.807, 2.05) is 0 Å². The third-order valence-corrected chi connectivity index (χ3v) is 2.99. The van der Waals surface area contributed by atoms with Gasteiger partial charge in [-0.25, -0.2) is 0 Å². The Morgan fingerprint density at radius 2 is 1.82 bits per heavy atom. The maximum atomic E-state index is 11.9. The summed E-state index contributed by atoms with van der Waals surface area (Å²) in [5.74, 6) is -0.847. The number of carbonyl (C=O) groups excluding carboxylic acids is 4. The Hall–Kier alpha value is -1.96. The maximum absolute atomic E-state index is 11.9. The topological polar surface area (TPSA) is 113 Å². The molecular weight excluding hydrogens is 288 g/mol. The van der Waals surface area contributed by atoms with Crippen LogP contribution in [0.4, 0.5) is 0 Å². The molecule has 0 rings (SSSR count). The van der Waals surface area contributed by atoms with Crippen molar-refractivity contribution in [2.24, 2.45) is 5.73 Å². The van der Waals surface area contributed by atoms with Crippen LogP contribution in [0.5, 0.6) is 0 Å². The number of carbonyl (C=O) groups is 4. The summed E-state index contributed by atoms with van der Waals surface area (Å²) in [5.41, 5.74) is 2.18. The monoisotopic (exact) mass is 318 g/mol. The van der Waals surface area contributed by atoms with Crippen LogP contribution in [0, 0.1) is 0 Å². The molecule has 8 nitrogen and oxygen atoms in total. The zero-order valence-electron chi connectivity index (χ0n) is 15.2. The molecule has 0 saturated carbocycles. The number of amides is 3. The SMILES string of the molecule is [3H]NCCN(CC(=O)NCCN(CC([3H])=O)C(=O)CC)C(=O)CC. The second kappa shape index (κ2) is 11.7. The summed E-state index contributed by atoms with van der Waals surface area (Å²) in [5, 5.41) is 2.58. The minimum Gasteiger partial charge on any atom is -0.353 e. The van der Waals surface area contributed by atoms with E-state index < -0.39 is 6.26 Å². The first-order chi connectivity index (χ1) is 11.3. The number of hydrogen-bond donors (Lipinski definition) is 2. The second-order valence-electron chi connectivity index (χ2n) is 4.58. The molecule has 126 valence electrons. The van der Waals surface area contributed by atoms with E-state index in [-0.39, 0.29) is 69.8 Å². The van der Waals surface area contributed by atoms with Crippen LogP contribution in [-0.2, 0) is 19.2 Å². The van der Waals surface area contributed by atoms with Gasteiger partial charge in [0.25, 0.3) is 0 Å². The molecular formula is C14H26N4O4. The zero-order chi connectivity index (χ0) is 18.5. The van der Waals surface area contributed by atoms with E-state index in [1.54, 1.807) is 13.8 Å². The highest BCUT2D eigenvalue weighted by molar-refractivity contribution is 5.84. The van der Waals surface area contributed by atoms with Crippen LogP contribution >= 0.6 is 0 Å². The molecule has 22 heavy (non-hydrogen) atoms. The largest absolute Gasteiger partial charge is 0.353 e. The Bertz CT molecular complexity index is 448. The van der Waals surface area contributed by atoms with E-state index in [4.69, 9.17) is 2.78 Å². The van der Waals surface area contributed by atoms with Gasteiger partial charge >= 0.3 is 0 Å². The van der Waals surface area contributed by atoms with E-state index in [2.05, 4.69) is 11.0 Å². The van der Waals surface area contributed by atoms with E-state index in [9.17, 15) is 19.2 Å². The highest BCUT2D eigenvalue weighted by Gasteiger charge is 2.15. The molecule has 0 aliphatic rings. The van der Waals surface area contributed by atoms with Crippen molar-refractivity contribution < 1.29 is 22.0 Å². The molecule has 0 atom stereocenters. The molecule has 0 unspecified atom stereocenters. The van der Waals surface area contributed by atoms with Gasteiger partial charge in [-0.2, -0.15) is 0 Å². The third-order valence-electron chi connectivity index (χ3n) is 2.99. The highest BCUT2D eigenvalue weighted by Crippen LogP contribution is 1.94. The van der Waals surface area contributed by atoms with Gasteiger partial charge in [0.15, 0.2) is 0 Å². The normalized spacial score (nSPS) is 11.2. The highest BCUT2D eigenvalue weighted by atomic mass is 16.2. The molecule has 0 fully saturated rings. The van der Waals surface area contributed by atoms with Gasteiger partial charge in [0.1, 0.15) is 9.04 Å². The standard InChI is InChI=1S/C14H26N4O4/c1-3-13(21)17(9-10-19)8-6-16-12(20)11-18(7-5-15)14(22)4-2/h10H,3-9,11,15H2,1-2H3,(H,16,20)/i10T/hT. The van der Waals surface area contributed by atoms with Crippen molar-refractivity contribution in [3.05, 3.63) is 0 Å². The lowest BCUT2D eigenvalue weighted by Gasteiger charge is -2.22. The van der Waals surface area contributed by atoms with E-state index in [0.29, 0.717) is 0 Å². The molecule has 0 aromatic carbocycles. The Morgan fingerprint density at radius 1 is 1.18 bits per heavy atom. The minimum atomic E-state index is -0.870. The van der Waals surface area contributed by atoms with Crippen LogP contribution in [0.25, 0.3) is 0 Å². The number of hydrogen-bond acceptors (Lipinski definition) is 5. The predicted molar refractivity (Wildman–Crippen MR) is 81.9 cm³/mol. The van der Waals surface area contributed by atoms with Gasteiger partial charge in [-0.15, -0.1) is 0 Å². The molecule has 0 heterocycles. The molecule has 0 aromatic heterocycles. The fourth-order valence-electron chi connectivity index (χ4n) is 1.80. The summed E-state index contributed by atoms with van der Waals surface area (Å²) in [6.45, 7) is 3.65. The summed E-state index contributed by atoms with van der Waals surface area (Å²) < 4.78 is 13.8. The van der Waals surface area contributed by atoms with Gasteiger partial charge in [0, 0.05) is 39.0 Å². The lowest BCUT2D eigenvalue weighted by Crippen LogP contribution is -2.45. The van der Waals surface area contributed by atoms with Crippen molar-refractivity contribution in [1.29, 1.82) is 0 Å². The number of nitrogens with zero attached hydrogens (tertiary/aromatic N) is 2. The van der Waals surface area contributed by atoms with Crippen LogP contribution in [0.15, 0.2) is 0 Å². The summed E-state index contributed by atoms with van der Waals surface area (Å²) in [7, 11) is 0. The van der Waals surface area contributed by atoms with Crippen molar-refractivity contribution in [2.75, 3.05) is 39.3 Å². The Balaban J connectivity index is 4.40. The first-order valence-electron chi connectivity index (χ1n) is 8.31. The molecule has 0 bridgehead atoms. The van der Waals surface area contributed by atoms with Gasteiger partial charge in [-0.05, 0) is 0 Å². The summed E-state index contributed by atoms with van der Waals surface area (Å²) in [4.78, 5) is 48.7. The third kappa shape index (κ3) is 7.72. The first-order valence-corrected chi connectivity index (χ1v) is 7.31. The fraction of sp³-hybridized carbons (Fsp3) is 0.714. The molecule has 0 aliphatic carbocycles. The molecule has 3 N–H and O–H groups in total. The molecule has 0 saturated heterocycles. The zero-order valence-corrected chi connectivity index (χ0v) is 13.2. The lowest BCUT2D eigenvalue weighted by molar-refractivity contribution is -0.136. The van der Waals surface area contributed by atoms with Gasteiger partial charge in [0.2, 0.25) is 17.7 Å². The van der Waals surface area contributed by atoms with Crippen molar-refractivity contribution in [2.45, 2.75) is 26.7 Å². The average molecular weight is 318 g/mol. The van der Waals surface area contributed by atoms with Crippen molar-refractivity contribution in [3.63, 3.8) is 0 Å². The van der Waals surface area contributed by atoms with Crippen LogP contribution < -0.4 is 11.0 Å². The Morgan fingerprint density at radius 3 is 2.36 bits per heavy atom. The smallest absolute Gasteiger partial charge is 0.239 e. The average Bonchev–Trinajstić information content (AvgIpc) is 2.55. The van der Waals surface area contributed by atoms with Crippen LogP contribution in [-0.4, -0.2) is 73.1 Å². The van der Waals surface area contributed by atoms with Gasteiger partial charge in [-0.1, -0.05) is 13.8 Å². The Kier molecular flexibility index (Phi) is 8.71. The summed E-state index contributed by atoms with van der Waals surface area (Å²) in [6.07, 6.45) is -0.402. The molecule has 0 radical (unpaired) electrons. The van der Waals surface area contributed by atoms with Gasteiger partial charge in [-0.3, -0.25) is 14.4 Å². The summed E-state index contributed by atoms with van der Waals surface area (Å²) >= 11 is 0. The molecule has 0 aromatic rings. The summed E-state index contributed by atoms with van der Waals surface area (Å²) in [6, 6.07) is 0. The van der Waals surface area contributed by atoms with Crippen molar-refractivity contribution in [3.8, 4) is 0 Å². The van der Waals surface area contributed by atoms with Crippen LogP contribution in [0.2, 0.25) is 1.41 Å². The minimum absolute atomic E-state index is 0.124. The van der Waals surface area contributed by atoms with Crippen LogP contribution in [0.3, 0.4) is 0 Å². The van der Waals surface area contributed by atoms with Crippen molar-refractivity contribution >= 4 is 24.0 Å². The number of aldehydes is 1. The second-order valence-corrected chi connectivity index (χ2v) is 4.58.